The molecule has 1 nitrogen and oxygen atoms in total. The molecular weight excluding hydrogens is 287 g/mol. The number of ether oxygens (including phenoxy) is 1. The molecule has 2 aromatic rings. The summed E-state index contributed by atoms with van der Waals surface area (Å²) in [5.74, 6) is 0.631. The third-order valence-electron chi connectivity index (χ3n) is 4.10. The molecule has 0 aliphatic carbocycles. The van der Waals surface area contributed by atoms with E-state index in [2.05, 4.69) is 13.0 Å². The van der Waals surface area contributed by atoms with Gasteiger partial charge >= 0.3 is 0 Å². The lowest BCUT2D eigenvalue weighted by Gasteiger charge is -2.24. The van der Waals surface area contributed by atoms with Crippen molar-refractivity contribution in [2.45, 2.75) is 33.1 Å². The van der Waals surface area contributed by atoms with Crippen LogP contribution in [-0.4, -0.2) is 6.61 Å². The van der Waals surface area contributed by atoms with Gasteiger partial charge in [0.05, 0.1) is 11.6 Å². The van der Waals surface area contributed by atoms with E-state index in [1.807, 2.05) is 13.0 Å². The highest BCUT2D eigenvalue weighted by molar-refractivity contribution is 6.33. The van der Waals surface area contributed by atoms with Crippen LogP contribution < -0.4 is 4.74 Å². The van der Waals surface area contributed by atoms with Gasteiger partial charge in [-0.15, -0.1) is 0 Å². The summed E-state index contributed by atoms with van der Waals surface area (Å²) in [6.07, 6.45) is 2.79. The molecule has 1 aliphatic heterocycles. The summed E-state index contributed by atoms with van der Waals surface area (Å²) in [6, 6.07) is 7.08. The molecule has 0 saturated heterocycles. The molecule has 110 valence electrons. The maximum Gasteiger partial charge on any atom is 0.130 e. The van der Waals surface area contributed by atoms with Gasteiger partial charge in [0.2, 0.25) is 0 Å². The van der Waals surface area contributed by atoms with Gasteiger partial charge in [0.15, 0.2) is 0 Å². The molecule has 0 spiro atoms. The van der Waals surface area contributed by atoms with Crippen LogP contribution in [0.15, 0.2) is 24.3 Å². The van der Waals surface area contributed by atoms with Crippen molar-refractivity contribution < 1.29 is 9.13 Å². The van der Waals surface area contributed by atoms with Crippen molar-refractivity contribution in [3.63, 3.8) is 0 Å². The normalized spacial score (nSPS) is 13.7. The van der Waals surface area contributed by atoms with Gasteiger partial charge in [-0.3, -0.25) is 0 Å². The topological polar surface area (TPSA) is 9.23 Å². The fraction of sp³-hybridized carbons (Fsp3) is 0.333. The Balaban J connectivity index is 2.27. The molecular formula is C18H18ClFO. The van der Waals surface area contributed by atoms with E-state index < -0.39 is 0 Å². The number of benzene rings is 2. The Kier molecular flexibility index (Phi) is 3.90. The lowest BCUT2D eigenvalue weighted by molar-refractivity contribution is 0.289. The Labute approximate surface area is 129 Å². The maximum absolute atomic E-state index is 13.6. The Bertz CT molecular complexity index is 694. The van der Waals surface area contributed by atoms with Crippen LogP contribution in [0.3, 0.4) is 0 Å². The largest absolute Gasteiger partial charge is 0.493 e. The highest BCUT2D eigenvalue weighted by Gasteiger charge is 2.21. The molecule has 2 aromatic carbocycles. The van der Waals surface area contributed by atoms with E-state index in [0.717, 1.165) is 48.3 Å². The highest BCUT2D eigenvalue weighted by Crippen LogP contribution is 2.42. The highest BCUT2D eigenvalue weighted by atomic mass is 35.5. The van der Waals surface area contributed by atoms with Crippen LogP contribution >= 0.6 is 11.6 Å². The standard InChI is InChI=1S/C18H18ClFO/c1-3-12-9-13(20)10-16(19)17(12)15-7-6-11(2)14-5-4-8-21-18(14)15/h6-7,9-10H,3-5,8H2,1-2H3. The average molecular weight is 305 g/mol. The molecule has 21 heavy (non-hydrogen) atoms. The van der Waals surface area contributed by atoms with E-state index in [-0.39, 0.29) is 5.82 Å². The molecule has 0 saturated carbocycles. The Morgan fingerprint density at radius 2 is 2.10 bits per heavy atom. The SMILES string of the molecule is CCc1cc(F)cc(Cl)c1-c1ccc(C)c2c1OCCC2. The first-order valence-corrected chi connectivity index (χ1v) is 7.73. The summed E-state index contributed by atoms with van der Waals surface area (Å²) < 4.78 is 19.5. The van der Waals surface area contributed by atoms with Crippen LogP contribution in [0.25, 0.3) is 11.1 Å². The summed E-state index contributed by atoms with van der Waals surface area (Å²) in [5.41, 5.74) is 5.29. The Hall–Kier alpha value is -1.54. The van der Waals surface area contributed by atoms with Crippen molar-refractivity contribution in [2.24, 2.45) is 0 Å². The van der Waals surface area contributed by atoms with Crippen LogP contribution in [0.4, 0.5) is 4.39 Å². The second-order valence-corrected chi connectivity index (χ2v) is 5.87. The van der Waals surface area contributed by atoms with Crippen molar-refractivity contribution in [3.05, 3.63) is 51.8 Å². The van der Waals surface area contributed by atoms with Crippen LogP contribution in [0.2, 0.25) is 5.02 Å². The minimum atomic E-state index is -0.289. The summed E-state index contributed by atoms with van der Waals surface area (Å²) in [4.78, 5) is 0. The molecule has 1 aliphatic rings. The first kappa shape index (κ1) is 14.4. The van der Waals surface area contributed by atoms with E-state index in [9.17, 15) is 4.39 Å². The van der Waals surface area contributed by atoms with Crippen molar-refractivity contribution in [3.8, 4) is 16.9 Å². The molecule has 3 rings (SSSR count). The molecule has 0 atom stereocenters. The molecule has 0 amide bonds. The zero-order valence-electron chi connectivity index (χ0n) is 12.3. The second kappa shape index (κ2) is 5.69. The molecule has 0 fully saturated rings. The zero-order valence-corrected chi connectivity index (χ0v) is 13.1. The van der Waals surface area contributed by atoms with E-state index in [1.54, 1.807) is 6.07 Å². The summed E-state index contributed by atoms with van der Waals surface area (Å²) in [6.45, 7) is 4.84. The third-order valence-corrected chi connectivity index (χ3v) is 4.40. The number of rotatable bonds is 2. The second-order valence-electron chi connectivity index (χ2n) is 5.47. The van der Waals surface area contributed by atoms with Gasteiger partial charge in [-0.2, -0.15) is 0 Å². The average Bonchev–Trinajstić information content (AvgIpc) is 2.48. The maximum atomic E-state index is 13.6. The van der Waals surface area contributed by atoms with Gasteiger partial charge < -0.3 is 4.74 Å². The van der Waals surface area contributed by atoms with E-state index in [0.29, 0.717) is 5.02 Å². The molecule has 3 heteroatoms. The number of hydrogen-bond donors (Lipinski definition) is 0. The fourth-order valence-electron chi connectivity index (χ4n) is 3.03. The van der Waals surface area contributed by atoms with E-state index >= 15 is 0 Å². The fourth-order valence-corrected chi connectivity index (χ4v) is 3.36. The van der Waals surface area contributed by atoms with E-state index in [1.165, 1.54) is 17.2 Å². The number of aryl methyl sites for hydroxylation is 2. The Morgan fingerprint density at radius 3 is 2.86 bits per heavy atom. The quantitative estimate of drug-likeness (QED) is 0.727. The number of fused-ring (bicyclic) bond motifs is 1. The minimum absolute atomic E-state index is 0.289. The van der Waals surface area contributed by atoms with Gasteiger partial charge in [-0.25, -0.2) is 4.39 Å². The lowest BCUT2D eigenvalue weighted by atomic mass is 9.91. The summed E-state index contributed by atoms with van der Waals surface area (Å²) in [5, 5.41) is 0.451. The molecule has 0 bridgehead atoms. The summed E-state index contributed by atoms with van der Waals surface area (Å²) >= 11 is 6.33. The van der Waals surface area contributed by atoms with Gasteiger partial charge in [-0.1, -0.05) is 30.7 Å². The van der Waals surface area contributed by atoms with Gasteiger partial charge in [0.25, 0.3) is 0 Å². The predicted octanol–water partition coefficient (Wildman–Crippen LogP) is 5.34. The molecule has 0 N–H and O–H groups in total. The Morgan fingerprint density at radius 1 is 1.29 bits per heavy atom. The molecule has 0 radical (unpaired) electrons. The summed E-state index contributed by atoms with van der Waals surface area (Å²) in [7, 11) is 0. The monoisotopic (exact) mass is 304 g/mol. The van der Waals surface area contributed by atoms with Crippen LogP contribution in [-0.2, 0) is 12.8 Å². The van der Waals surface area contributed by atoms with E-state index in [4.69, 9.17) is 16.3 Å². The predicted molar refractivity (Wildman–Crippen MR) is 84.8 cm³/mol. The van der Waals surface area contributed by atoms with Crippen molar-refractivity contribution in [2.75, 3.05) is 6.61 Å². The smallest absolute Gasteiger partial charge is 0.130 e. The van der Waals surface area contributed by atoms with Crippen LogP contribution in [0.5, 0.6) is 5.75 Å². The first-order valence-electron chi connectivity index (χ1n) is 7.35. The van der Waals surface area contributed by atoms with Crippen LogP contribution in [0.1, 0.15) is 30.0 Å². The van der Waals surface area contributed by atoms with Gasteiger partial charge in [-0.05, 0) is 55.0 Å². The molecule has 0 unspecified atom stereocenters. The zero-order chi connectivity index (χ0) is 15.0. The van der Waals surface area contributed by atoms with Gasteiger partial charge in [0, 0.05) is 11.1 Å². The lowest BCUT2D eigenvalue weighted by Crippen LogP contribution is -2.11. The van der Waals surface area contributed by atoms with Crippen molar-refractivity contribution in [1.29, 1.82) is 0 Å². The molecule has 0 aromatic heterocycles. The third kappa shape index (κ3) is 2.53. The van der Waals surface area contributed by atoms with Crippen LogP contribution in [0, 0.1) is 12.7 Å². The van der Waals surface area contributed by atoms with Crippen molar-refractivity contribution >= 4 is 11.6 Å². The number of hydrogen-bond acceptors (Lipinski definition) is 1. The number of halogens is 2. The van der Waals surface area contributed by atoms with Crippen molar-refractivity contribution in [1.82, 2.24) is 0 Å². The first-order chi connectivity index (χ1) is 10.1. The van der Waals surface area contributed by atoms with Gasteiger partial charge in [0.1, 0.15) is 11.6 Å². The minimum Gasteiger partial charge on any atom is -0.493 e. The molecule has 1 heterocycles.